The van der Waals surface area contributed by atoms with E-state index in [9.17, 15) is 25.4 Å². The fourth-order valence-electron chi connectivity index (χ4n) is 5.84. The zero-order valence-electron chi connectivity index (χ0n) is 22.9. The Labute approximate surface area is 222 Å². The van der Waals surface area contributed by atoms with Gasteiger partial charge in [0.2, 0.25) is 11.8 Å². The molecule has 3 aromatic rings. The van der Waals surface area contributed by atoms with Gasteiger partial charge < -0.3 is 24.5 Å². The van der Waals surface area contributed by atoms with E-state index in [1.807, 2.05) is 6.92 Å². The van der Waals surface area contributed by atoms with Gasteiger partial charge in [-0.25, -0.2) is 0 Å². The van der Waals surface area contributed by atoms with Gasteiger partial charge in [-0.3, -0.25) is 14.7 Å². The quantitative estimate of drug-likeness (QED) is 0.204. The molecule has 2 aliphatic rings. The zero-order chi connectivity index (χ0) is 28.0. The zero-order valence-corrected chi connectivity index (χ0v) is 23.9. The highest BCUT2D eigenvalue weighted by Crippen LogP contribution is 2.67. The highest BCUT2D eigenvalue weighted by Gasteiger charge is 2.68. The third kappa shape index (κ3) is 3.47. The number of aliphatic hydroxyl groups is 1. The molecular formula is C28H36N2O7Si. The van der Waals surface area contributed by atoms with Crippen LogP contribution in [0.3, 0.4) is 0 Å². The summed E-state index contributed by atoms with van der Waals surface area (Å²) >= 11 is 0. The van der Waals surface area contributed by atoms with Crippen molar-refractivity contribution in [1.29, 1.82) is 0 Å². The van der Waals surface area contributed by atoms with Gasteiger partial charge in [-0.2, -0.15) is 0 Å². The number of hydrogen-bond donors (Lipinski definition) is 3. The number of benzene rings is 2. The van der Waals surface area contributed by atoms with Gasteiger partial charge in [-0.1, -0.05) is 45.9 Å². The predicted molar refractivity (Wildman–Crippen MR) is 146 cm³/mol. The molecule has 2 bridgehead atoms. The van der Waals surface area contributed by atoms with Crippen molar-refractivity contribution in [3.8, 4) is 17.4 Å². The summed E-state index contributed by atoms with van der Waals surface area (Å²) in [6, 6.07) is 9.71. The largest absolute Gasteiger partial charge is 0.494 e. The molecule has 0 amide bonds. The van der Waals surface area contributed by atoms with Crippen LogP contribution in [-0.2, 0) is 20.4 Å². The van der Waals surface area contributed by atoms with E-state index in [2.05, 4.69) is 33.9 Å². The first-order valence-corrected chi connectivity index (χ1v) is 15.8. The summed E-state index contributed by atoms with van der Waals surface area (Å²) in [7, 11) is -2.09. The minimum Gasteiger partial charge on any atom is -0.494 e. The molecule has 38 heavy (non-hydrogen) atoms. The second kappa shape index (κ2) is 8.29. The number of fused-ring (bicyclic) bond motifs is 6. The van der Waals surface area contributed by atoms with Gasteiger partial charge in [0.25, 0.3) is 5.69 Å². The van der Waals surface area contributed by atoms with Crippen molar-refractivity contribution in [3.63, 3.8) is 0 Å². The van der Waals surface area contributed by atoms with E-state index >= 15 is 0 Å². The smallest absolute Gasteiger partial charge is 0.277 e. The molecule has 2 aliphatic heterocycles. The van der Waals surface area contributed by atoms with Crippen molar-refractivity contribution < 1.29 is 29.4 Å². The number of nitro benzene ring substituents is 1. The Morgan fingerprint density at radius 3 is 2.37 bits per heavy atom. The molecule has 0 spiro atoms. The molecule has 5 rings (SSSR count). The lowest BCUT2D eigenvalue weighted by Gasteiger charge is -2.39. The monoisotopic (exact) mass is 540 g/mol. The van der Waals surface area contributed by atoms with Crippen LogP contribution in [0.25, 0.3) is 16.5 Å². The lowest BCUT2D eigenvalue weighted by molar-refractivity contribution is -0.383. The summed E-state index contributed by atoms with van der Waals surface area (Å²) < 4.78 is 14.4. The molecule has 10 heteroatoms. The van der Waals surface area contributed by atoms with E-state index in [-0.39, 0.29) is 34.8 Å². The van der Waals surface area contributed by atoms with Crippen LogP contribution in [0.4, 0.5) is 5.69 Å². The van der Waals surface area contributed by atoms with E-state index in [0.29, 0.717) is 34.2 Å². The SMILES string of the molecule is CC(CO[Si](C)(C)C(C)(C)C)C12C[C@@H](O)C(C)(O1)c1c2c(O)n(-c2ccc([N+](=O)[O-])c3ccccc23)c1O. The molecule has 9 nitrogen and oxygen atoms in total. The van der Waals surface area contributed by atoms with Gasteiger partial charge in [-0.15, -0.1) is 0 Å². The minimum absolute atomic E-state index is 0.0104. The molecule has 0 radical (unpaired) electrons. The van der Waals surface area contributed by atoms with E-state index in [4.69, 9.17) is 9.16 Å². The van der Waals surface area contributed by atoms with Crippen molar-refractivity contribution in [3.05, 3.63) is 57.6 Å². The molecule has 3 N–H and O–H groups in total. The average Bonchev–Trinajstić information content (AvgIpc) is 3.38. The number of ether oxygens (including phenoxy) is 1. The Balaban J connectivity index is 1.67. The fraction of sp³-hybridized carbons (Fsp3) is 0.500. The number of nitrogens with zero attached hydrogens (tertiary/aromatic N) is 2. The molecular weight excluding hydrogens is 504 g/mol. The predicted octanol–water partition coefficient (Wildman–Crippen LogP) is 5.81. The summed E-state index contributed by atoms with van der Waals surface area (Å²) in [5.41, 5.74) is -1.19. The van der Waals surface area contributed by atoms with Crippen LogP contribution >= 0.6 is 0 Å². The third-order valence-corrected chi connectivity index (χ3v) is 13.7. The van der Waals surface area contributed by atoms with Crippen LogP contribution in [0.1, 0.15) is 52.2 Å². The Morgan fingerprint density at radius 2 is 1.76 bits per heavy atom. The first-order chi connectivity index (χ1) is 17.6. The maximum Gasteiger partial charge on any atom is 0.277 e. The van der Waals surface area contributed by atoms with Crippen LogP contribution in [0, 0.1) is 16.0 Å². The molecule has 4 atom stereocenters. The lowest BCUT2D eigenvalue weighted by Crippen LogP contribution is -2.44. The average molecular weight is 541 g/mol. The molecule has 1 aromatic heterocycles. The topological polar surface area (TPSA) is 127 Å². The summed E-state index contributed by atoms with van der Waals surface area (Å²) in [4.78, 5) is 11.2. The summed E-state index contributed by atoms with van der Waals surface area (Å²) in [5, 5.41) is 46.9. The van der Waals surface area contributed by atoms with Crippen LogP contribution in [0.15, 0.2) is 36.4 Å². The number of aromatic hydroxyl groups is 2. The highest BCUT2D eigenvalue weighted by molar-refractivity contribution is 6.74. The molecule has 204 valence electrons. The number of aromatic nitrogens is 1. The second-order valence-corrected chi connectivity index (χ2v) is 17.2. The summed E-state index contributed by atoms with van der Waals surface area (Å²) in [6.07, 6.45) is -0.656. The van der Waals surface area contributed by atoms with Crippen molar-refractivity contribution in [1.82, 2.24) is 4.57 Å². The maximum atomic E-state index is 11.7. The Hall–Kier alpha value is -2.92. The van der Waals surface area contributed by atoms with E-state index in [1.54, 1.807) is 31.2 Å². The standard InChI is InChI=1S/C28H36N2O7Si/c1-16(15-36-38(6,7)26(2,3)4)28-14-21(31)27(5,37-28)22-23(28)25(33)29(24(22)32)19-12-13-20(30(34)35)18-11-9-8-10-17(18)19/h8-13,16,21,31-33H,14-15H2,1-7H3/t16?,21-,27?,28?/m1/s1. The number of non-ortho nitro benzene ring substituents is 1. The van der Waals surface area contributed by atoms with Crippen LogP contribution in [0.5, 0.6) is 11.8 Å². The Morgan fingerprint density at radius 1 is 1.16 bits per heavy atom. The van der Waals surface area contributed by atoms with Gasteiger partial charge >= 0.3 is 0 Å². The fourth-order valence-corrected chi connectivity index (χ4v) is 6.94. The summed E-state index contributed by atoms with van der Waals surface area (Å²) in [6.45, 7) is 14.9. The van der Waals surface area contributed by atoms with Gasteiger partial charge in [-0.05, 0) is 37.2 Å². The van der Waals surface area contributed by atoms with Gasteiger partial charge in [0.05, 0.1) is 33.2 Å². The van der Waals surface area contributed by atoms with Gasteiger partial charge in [0, 0.05) is 30.4 Å². The Kier molecular flexibility index (Phi) is 5.82. The Bertz CT molecular complexity index is 1460. The second-order valence-electron chi connectivity index (χ2n) is 12.4. The lowest BCUT2D eigenvalue weighted by atomic mass is 9.72. The van der Waals surface area contributed by atoms with Crippen molar-refractivity contribution >= 4 is 24.8 Å². The molecule has 1 fully saturated rings. The molecule has 2 aromatic carbocycles. The third-order valence-electron chi connectivity index (χ3n) is 9.18. The first-order valence-electron chi connectivity index (χ1n) is 12.9. The van der Waals surface area contributed by atoms with Crippen molar-refractivity contribution in [2.75, 3.05) is 6.61 Å². The number of hydrogen-bond acceptors (Lipinski definition) is 7. The highest BCUT2D eigenvalue weighted by atomic mass is 28.4. The first kappa shape index (κ1) is 26.7. The minimum atomic E-state index is -2.09. The van der Waals surface area contributed by atoms with E-state index in [0.717, 1.165) is 0 Å². The number of aliphatic hydroxyl groups excluding tert-OH is 1. The maximum absolute atomic E-state index is 11.7. The molecule has 3 unspecified atom stereocenters. The van der Waals surface area contributed by atoms with E-state index < -0.39 is 30.5 Å². The van der Waals surface area contributed by atoms with Gasteiger partial charge in [0.1, 0.15) is 11.2 Å². The summed E-state index contributed by atoms with van der Waals surface area (Å²) in [5.74, 6) is -0.701. The van der Waals surface area contributed by atoms with Crippen molar-refractivity contribution in [2.45, 2.75) is 76.5 Å². The molecule has 1 saturated heterocycles. The molecule has 0 aliphatic carbocycles. The molecule has 3 heterocycles. The normalized spacial score (nSPS) is 25.6. The molecule has 0 saturated carbocycles. The number of nitro groups is 1. The van der Waals surface area contributed by atoms with Crippen LogP contribution < -0.4 is 0 Å². The van der Waals surface area contributed by atoms with Crippen LogP contribution in [-0.4, -0.2) is 45.8 Å². The van der Waals surface area contributed by atoms with E-state index in [1.165, 1.54) is 16.7 Å². The van der Waals surface area contributed by atoms with Crippen LogP contribution in [0.2, 0.25) is 18.1 Å². The van der Waals surface area contributed by atoms with Gasteiger partial charge in [0.15, 0.2) is 8.32 Å². The number of rotatable bonds is 6. The van der Waals surface area contributed by atoms with Crippen molar-refractivity contribution in [2.24, 2.45) is 5.92 Å².